The lowest BCUT2D eigenvalue weighted by atomic mass is 10.1. The maximum atomic E-state index is 13.6. The van der Waals surface area contributed by atoms with Gasteiger partial charge in [0.2, 0.25) is 10.0 Å². The van der Waals surface area contributed by atoms with Gasteiger partial charge in [-0.2, -0.15) is 0 Å². The molecule has 0 unspecified atom stereocenters. The van der Waals surface area contributed by atoms with Crippen molar-refractivity contribution >= 4 is 37.3 Å². The lowest BCUT2D eigenvalue weighted by Crippen LogP contribution is -2.22. The summed E-state index contributed by atoms with van der Waals surface area (Å²) in [5.74, 6) is -0.251. The van der Waals surface area contributed by atoms with Gasteiger partial charge in [0.05, 0.1) is 3.79 Å². The second-order valence-electron chi connectivity index (χ2n) is 4.89. The van der Waals surface area contributed by atoms with Crippen molar-refractivity contribution in [3.63, 3.8) is 0 Å². The highest BCUT2D eigenvalue weighted by molar-refractivity contribution is 9.11. The fraction of sp³-hybridized carbons (Fsp3) is 0.286. The first-order valence-electron chi connectivity index (χ1n) is 6.22. The molecule has 7 heteroatoms. The summed E-state index contributed by atoms with van der Waals surface area (Å²) in [7, 11) is -3.55. The van der Waals surface area contributed by atoms with E-state index < -0.39 is 10.0 Å². The number of hydrogen-bond donors (Lipinski definition) is 1. The highest BCUT2D eigenvalue weighted by Crippen LogP contribution is 2.30. The van der Waals surface area contributed by atoms with E-state index in [9.17, 15) is 12.8 Å². The van der Waals surface area contributed by atoms with Crippen molar-refractivity contribution in [3.05, 3.63) is 50.1 Å². The second kappa shape index (κ2) is 6.16. The fourth-order valence-corrected chi connectivity index (χ4v) is 5.24. The Balaban J connectivity index is 2.19. The molecule has 0 saturated heterocycles. The van der Waals surface area contributed by atoms with Gasteiger partial charge in [0.15, 0.2) is 0 Å². The molecular weight excluding hydrogens is 377 g/mol. The topological polar surface area (TPSA) is 46.2 Å². The van der Waals surface area contributed by atoms with Crippen LogP contribution in [0.15, 0.2) is 26.2 Å². The monoisotopic (exact) mass is 391 g/mol. The van der Waals surface area contributed by atoms with Gasteiger partial charge >= 0.3 is 0 Å². The summed E-state index contributed by atoms with van der Waals surface area (Å²) in [6.07, 6.45) is 0. The van der Waals surface area contributed by atoms with E-state index in [-0.39, 0.29) is 16.6 Å². The molecule has 0 atom stereocenters. The maximum Gasteiger partial charge on any atom is 0.250 e. The first-order valence-corrected chi connectivity index (χ1v) is 9.31. The van der Waals surface area contributed by atoms with Crippen LogP contribution in [0.4, 0.5) is 4.39 Å². The van der Waals surface area contributed by atoms with Crippen molar-refractivity contribution in [2.24, 2.45) is 0 Å². The molecule has 2 rings (SSSR count). The number of halogens is 2. The van der Waals surface area contributed by atoms with E-state index in [2.05, 4.69) is 20.7 Å². The van der Waals surface area contributed by atoms with Crippen molar-refractivity contribution in [1.82, 2.24) is 4.72 Å². The molecule has 2 aromatic rings. The van der Waals surface area contributed by atoms with Crippen LogP contribution < -0.4 is 4.72 Å². The van der Waals surface area contributed by atoms with Gasteiger partial charge in [-0.15, -0.1) is 11.3 Å². The number of hydrogen-bond acceptors (Lipinski definition) is 3. The summed E-state index contributed by atoms with van der Waals surface area (Å²) in [6.45, 7) is 5.31. The Labute approximate surface area is 136 Å². The van der Waals surface area contributed by atoms with Crippen LogP contribution in [0.25, 0.3) is 0 Å². The average molecular weight is 392 g/mol. The third-order valence-corrected chi connectivity index (χ3v) is 7.07. The largest absolute Gasteiger partial charge is 0.250 e. The quantitative estimate of drug-likeness (QED) is 0.853. The standard InChI is InChI=1S/C14H15BrFNO2S2/c1-8-4-11(5-9(2)13(8)16)7-17-21(18,19)12-6-10(3)14(15)20-12/h4-6,17H,7H2,1-3H3. The maximum absolute atomic E-state index is 13.6. The number of rotatable bonds is 4. The minimum atomic E-state index is -3.55. The summed E-state index contributed by atoms with van der Waals surface area (Å²) in [5.41, 5.74) is 2.65. The predicted molar refractivity (Wildman–Crippen MR) is 86.7 cm³/mol. The van der Waals surface area contributed by atoms with Crippen LogP contribution in [0, 0.1) is 26.6 Å². The molecule has 0 aliphatic carbocycles. The average Bonchev–Trinajstić information content (AvgIpc) is 2.74. The summed E-state index contributed by atoms with van der Waals surface area (Å²) in [5, 5.41) is 0. The summed E-state index contributed by atoms with van der Waals surface area (Å²) in [6, 6.07) is 4.93. The van der Waals surface area contributed by atoms with Crippen molar-refractivity contribution in [1.29, 1.82) is 0 Å². The lowest BCUT2D eigenvalue weighted by molar-refractivity contribution is 0.583. The predicted octanol–water partition coefficient (Wildman–Crippen LogP) is 4.05. The zero-order valence-electron chi connectivity index (χ0n) is 11.8. The highest BCUT2D eigenvalue weighted by Gasteiger charge is 2.18. The van der Waals surface area contributed by atoms with Gasteiger partial charge in [0.1, 0.15) is 10.0 Å². The van der Waals surface area contributed by atoms with E-state index >= 15 is 0 Å². The molecule has 0 spiro atoms. The summed E-state index contributed by atoms with van der Waals surface area (Å²) >= 11 is 4.49. The normalized spacial score (nSPS) is 11.9. The number of sulfonamides is 1. The van der Waals surface area contributed by atoms with Gasteiger partial charge in [0, 0.05) is 6.54 Å². The Bertz CT molecular complexity index is 742. The number of benzene rings is 1. The smallest absolute Gasteiger partial charge is 0.206 e. The zero-order valence-corrected chi connectivity index (χ0v) is 15.0. The van der Waals surface area contributed by atoms with Crippen LogP contribution in [-0.2, 0) is 16.6 Å². The minimum absolute atomic E-state index is 0.138. The van der Waals surface area contributed by atoms with E-state index in [0.717, 1.165) is 14.9 Å². The zero-order chi connectivity index (χ0) is 15.8. The fourth-order valence-electron chi connectivity index (χ4n) is 1.95. The van der Waals surface area contributed by atoms with Crippen LogP contribution in [-0.4, -0.2) is 8.42 Å². The Hall–Kier alpha value is -0.760. The van der Waals surface area contributed by atoms with Crippen LogP contribution in [0.5, 0.6) is 0 Å². The second-order valence-corrected chi connectivity index (χ2v) is 9.25. The molecule has 114 valence electrons. The highest BCUT2D eigenvalue weighted by atomic mass is 79.9. The molecule has 21 heavy (non-hydrogen) atoms. The molecule has 0 bridgehead atoms. The molecule has 0 aliphatic rings. The molecule has 1 aromatic heterocycles. The van der Waals surface area contributed by atoms with E-state index in [0.29, 0.717) is 11.1 Å². The number of thiophene rings is 1. The minimum Gasteiger partial charge on any atom is -0.206 e. The molecule has 1 N–H and O–H groups in total. The summed E-state index contributed by atoms with van der Waals surface area (Å²) < 4.78 is 41.6. The molecule has 0 amide bonds. The van der Waals surface area contributed by atoms with Gasteiger partial charge in [-0.1, -0.05) is 12.1 Å². The Morgan fingerprint density at radius 1 is 1.14 bits per heavy atom. The van der Waals surface area contributed by atoms with Crippen molar-refractivity contribution in [3.8, 4) is 0 Å². The van der Waals surface area contributed by atoms with Crippen LogP contribution in [0.1, 0.15) is 22.3 Å². The van der Waals surface area contributed by atoms with Gasteiger partial charge in [-0.25, -0.2) is 17.5 Å². The Morgan fingerprint density at radius 3 is 2.19 bits per heavy atom. The Kier molecular flexibility index (Phi) is 4.87. The first kappa shape index (κ1) is 16.6. The van der Waals surface area contributed by atoms with Gasteiger partial charge in [-0.05, 0) is 65.0 Å². The van der Waals surface area contributed by atoms with Crippen molar-refractivity contribution in [2.45, 2.75) is 31.5 Å². The van der Waals surface area contributed by atoms with Crippen molar-refractivity contribution in [2.75, 3.05) is 0 Å². The first-order chi connectivity index (χ1) is 9.70. The lowest BCUT2D eigenvalue weighted by Gasteiger charge is -2.08. The Morgan fingerprint density at radius 2 is 1.71 bits per heavy atom. The number of nitrogens with one attached hydrogen (secondary N) is 1. The molecular formula is C14H15BrFNO2S2. The molecule has 1 heterocycles. The number of aryl methyl sites for hydroxylation is 3. The molecule has 0 saturated carbocycles. The molecule has 0 radical (unpaired) electrons. The van der Waals surface area contributed by atoms with Gasteiger partial charge in [0.25, 0.3) is 0 Å². The van der Waals surface area contributed by atoms with E-state index in [4.69, 9.17) is 0 Å². The third kappa shape index (κ3) is 3.71. The van der Waals surface area contributed by atoms with Crippen LogP contribution in [0.2, 0.25) is 0 Å². The molecule has 1 aromatic carbocycles. The van der Waals surface area contributed by atoms with Gasteiger partial charge < -0.3 is 0 Å². The van der Waals surface area contributed by atoms with Crippen molar-refractivity contribution < 1.29 is 12.8 Å². The van der Waals surface area contributed by atoms with E-state index in [1.54, 1.807) is 32.0 Å². The summed E-state index contributed by atoms with van der Waals surface area (Å²) in [4.78, 5) is 0. The molecule has 0 fully saturated rings. The third-order valence-electron chi connectivity index (χ3n) is 3.06. The van der Waals surface area contributed by atoms with Crippen LogP contribution in [0.3, 0.4) is 0 Å². The molecule has 0 aliphatic heterocycles. The van der Waals surface area contributed by atoms with Gasteiger partial charge in [-0.3, -0.25) is 0 Å². The van der Waals surface area contributed by atoms with E-state index in [1.807, 2.05) is 6.92 Å². The SMILES string of the molecule is Cc1cc(S(=O)(=O)NCc2cc(C)c(F)c(C)c2)sc1Br. The molecule has 3 nitrogen and oxygen atoms in total. The van der Waals surface area contributed by atoms with E-state index in [1.165, 1.54) is 11.3 Å². The van der Waals surface area contributed by atoms with Crippen LogP contribution >= 0.6 is 27.3 Å².